The van der Waals surface area contributed by atoms with Crippen molar-refractivity contribution in [1.29, 1.82) is 0 Å². The summed E-state index contributed by atoms with van der Waals surface area (Å²) in [5, 5.41) is 0. The highest BCUT2D eigenvalue weighted by molar-refractivity contribution is 14.1. The van der Waals surface area contributed by atoms with Gasteiger partial charge in [-0.2, -0.15) is 0 Å². The van der Waals surface area contributed by atoms with E-state index in [4.69, 9.17) is 0 Å². The van der Waals surface area contributed by atoms with Crippen molar-refractivity contribution in [3.63, 3.8) is 0 Å². The third-order valence-electron chi connectivity index (χ3n) is 3.61. The predicted molar refractivity (Wildman–Crippen MR) is 91.0 cm³/mol. The number of hydrogen-bond acceptors (Lipinski definition) is 2. The van der Waals surface area contributed by atoms with Crippen LogP contribution in [0.25, 0.3) is 0 Å². The number of hydrogen-bond donors (Lipinski definition) is 0. The van der Waals surface area contributed by atoms with E-state index >= 15 is 0 Å². The summed E-state index contributed by atoms with van der Waals surface area (Å²) in [6.07, 6.45) is 0.419. The van der Waals surface area contributed by atoms with Crippen LogP contribution in [0.5, 0.6) is 0 Å². The maximum Gasteiger partial charge on any atom is 0.232 e. The Hall–Kier alpha value is -1.69. The number of amides is 1. The summed E-state index contributed by atoms with van der Waals surface area (Å²) in [7, 11) is 0. The van der Waals surface area contributed by atoms with E-state index in [1.165, 1.54) is 0 Å². The number of carbonyl (C=O) groups is 2. The highest BCUT2D eigenvalue weighted by Gasteiger charge is 2.30. The van der Waals surface area contributed by atoms with Gasteiger partial charge in [0, 0.05) is 16.8 Å². The first-order valence-corrected chi connectivity index (χ1v) is 8.01. The Morgan fingerprint density at radius 2 is 1.86 bits per heavy atom. The minimum atomic E-state index is -0.0150. The van der Waals surface area contributed by atoms with Crippen LogP contribution in [0.2, 0.25) is 0 Å². The summed E-state index contributed by atoms with van der Waals surface area (Å²) in [6, 6.07) is 14.7. The SMILES string of the molecule is CC(I)N1C(=O)Cc2ccc(C(=O)c3ccccc3)cc21. The molecule has 1 amide bonds. The van der Waals surface area contributed by atoms with Crippen LogP contribution in [0.15, 0.2) is 48.5 Å². The lowest BCUT2D eigenvalue weighted by atomic mass is 10.0. The van der Waals surface area contributed by atoms with Gasteiger partial charge < -0.3 is 0 Å². The van der Waals surface area contributed by atoms with Crippen molar-refractivity contribution in [2.45, 2.75) is 17.4 Å². The molecule has 1 unspecified atom stereocenters. The zero-order chi connectivity index (χ0) is 15.0. The average Bonchev–Trinajstić information content (AvgIpc) is 2.82. The number of ketones is 1. The highest BCUT2D eigenvalue weighted by atomic mass is 127. The van der Waals surface area contributed by atoms with Crippen molar-refractivity contribution in [2.75, 3.05) is 4.90 Å². The molecule has 106 valence electrons. The molecular formula is C17H14INO2. The van der Waals surface area contributed by atoms with Crippen molar-refractivity contribution in [3.05, 3.63) is 65.2 Å². The van der Waals surface area contributed by atoms with E-state index < -0.39 is 0 Å². The third kappa shape index (κ3) is 2.60. The molecule has 1 heterocycles. The minimum Gasteiger partial charge on any atom is -0.300 e. The van der Waals surface area contributed by atoms with Crippen LogP contribution < -0.4 is 4.90 Å². The molecule has 0 spiro atoms. The molecule has 0 bridgehead atoms. The van der Waals surface area contributed by atoms with Gasteiger partial charge in [0.2, 0.25) is 5.91 Å². The fourth-order valence-electron chi connectivity index (χ4n) is 2.61. The van der Waals surface area contributed by atoms with Gasteiger partial charge in [-0.25, -0.2) is 0 Å². The lowest BCUT2D eigenvalue weighted by Gasteiger charge is -2.20. The third-order valence-corrected chi connectivity index (χ3v) is 4.17. The molecule has 0 N–H and O–H groups in total. The van der Waals surface area contributed by atoms with Crippen LogP contribution in [-0.2, 0) is 11.2 Å². The molecule has 0 saturated heterocycles. The molecule has 1 aliphatic heterocycles. The number of carbonyl (C=O) groups excluding carboxylic acids is 2. The number of benzene rings is 2. The molecule has 0 radical (unpaired) electrons. The zero-order valence-electron chi connectivity index (χ0n) is 11.5. The van der Waals surface area contributed by atoms with E-state index in [-0.39, 0.29) is 15.7 Å². The quantitative estimate of drug-likeness (QED) is 0.347. The smallest absolute Gasteiger partial charge is 0.232 e. The van der Waals surface area contributed by atoms with Gasteiger partial charge in [0.15, 0.2) is 5.78 Å². The van der Waals surface area contributed by atoms with Crippen molar-refractivity contribution in [1.82, 2.24) is 0 Å². The highest BCUT2D eigenvalue weighted by Crippen LogP contribution is 2.33. The van der Waals surface area contributed by atoms with Gasteiger partial charge in [-0.05, 0) is 18.6 Å². The van der Waals surface area contributed by atoms with Gasteiger partial charge >= 0.3 is 0 Å². The summed E-state index contributed by atoms with van der Waals surface area (Å²) in [4.78, 5) is 26.3. The molecule has 0 saturated carbocycles. The van der Waals surface area contributed by atoms with Gasteiger partial charge in [-0.15, -0.1) is 0 Å². The van der Waals surface area contributed by atoms with Crippen molar-refractivity contribution >= 4 is 40.0 Å². The molecule has 4 heteroatoms. The van der Waals surface area contributed by atoms with Gasteiger partial charge in [0.25, 0.3) is 0 Å². The first kappa shape index (κ1) is 14.3. The largest absolute Gasteiger partial charge is 0.300 e. The summed E-state index contributed by atoms with van der Waals surface area (Å²) in [5.41, 5.74) is 3.14. The summed E-state index contributed by atoms with van der Waals surface area (Å²) >= 11 is 2.22. The second kappa shape index (κ2) is 5.60. The lowest BCUT2D eigenvalue weighted by molar-refractivity contribution is -0.117. The summed E-state index contributed by atoms with van der Waals surface area (Å²) in [6.45, 7) is 1.97. The fraction of sp³-hybridized carbons (Fsp3) is 0.176. The Morgan fingerprint density at radius 1 is 1.14 bits per heavy atom. The van der Waals surface area contributed by atoms with E-state index in [2.05, 4.69) is 22.6 Å². The van der Waals surface area contributed by atoms with E-state index in [9.17, 15) is 9.59 Å². The Morgan fingerprint density at radius 3 is 2.52 bits per heavy atom. The number of anilines is 1. The first-order valence-electron chi connectivity index (χ1n) is 6.77. The Balaban J connectivity index is 2.01. The monoisotopic (exact) mass is 391 g/mol. The Kier molecular flexibility index (Phi) is 3.80. The van der Waals surface area contributed by atoms with Crippen molar-refractivity contribution in [3.8, 4) is 0 Å². The molecule has 0 aliphatic carbocycles. The van der Waals surface area contributed by atoms with Crippen LogP contribution in [0.4, 0.5) is 5.69 Å². The van der Waals surface area contributed by atoms with Crippen LogP contribution in [0.3, 0.4) is 0 Å². The van der Waals surface area contributed by atoms with Crippen LogP contribution in [0.1, 0.15) is 28.4 Å². The number of rotatable bonds is 3. The molecule has 3 nitrogen and oxygen atoms in total. The van der Waals surface area contributed by atoms with Crippen LogP contribution in [0, 0.1) is 0 Å². The average molecular weight is 391 g/mol. The summed E-state index contributed by atoms with van der Waals surface area (Å²) in [5.74, 6) is 0.0787. The van der Waals surface area contributed by atoms with Crippen molar-refractivity contribution < 1.29 is 9.59 Å². The molecule has 2 aromatic carbocycles. The van der Waals surface area contributed by atoms with Gasteiger partial charge in [0.1, 0.15) is 0 Å². The van der Waals surface area contributed by atoms with E-state index in [0.29, 0.717) is 17.5 Å². The van der Waals surface area contributed by atoms with Crippen LogP contribution >= 0.6 is 22.6 Å². The lowest BCUT2D eigenvalue weighted by Crippen LogP contribution is -2.31. The number of alkyl halides is 1. The van der Waals surface area contributed by atoms with E-state index in [1.807, 2.05) is 43.3 Å². The standard InChI is InChI=1S/C17H14INO2/c1-11(18)19-15-9-14(8-7-13(15)10-16(19)20)17(21)12-5-3-2-4-6-12/h2-9,11H,10H2,1H3. The van der Waals surface area contributed by atoms with Crippen LogP contribution in [-0.4, -0.2) is 15.7 Å². The number of nitrogens with zero attached hydrogens (tertiary/aromatic N) is 1. The molecule has 1 atom stereocenters. The zero-order valence-corrected chi connectivity index (χ0v) is 13.7. The topological polar surface area (TPSA) is 37.4 Å². The second-order valence-corrected chi connectivity index (χ2v) is 6.86. The first-order chi connectivity index (χ1) is 10.1. The number of halogens is 1. The maximum atomic E-state index is 12.5. The minimum absolute atomic E-state index is 0.0150. The Labute approximate surface area is 137 Å². The van der Waals surface area contributed by atoms with Gasteiger partial charge in [-0.1, -0.05) is 65.1 Å². The summed E-state index contributed by atoms with van der Waals surface area (Å²) < 4.78 is 0.0680. The molecule has 0 fully saturated rings. The second-order valence-electron chi connectivity index (χ2n) is 5.05. The molecule has 1 aliphatic rings. The van der Waals surface area contributed by atoms with E-state index in [0.717, 1.165) is 11.3 Å². The van der Waals surface area contributed by atoms with E-state index in [1.54, 1.807) is 17.0 Å². The molecule has 3 rings (SSSR count). The van der Waals surface area contributed by atoms with Gasteiger partial charge in [0.05, 0.1) is 10.5 Å². The molecule has 0 aromatic heterocycles. The molecule has 21 heavy (non-hydrogen) atoms. The molecule has 2 aromatic rings. The van der Waals surface area contributed by atoms with Gasteiger partial charge in [-0.3, -0.25) is 14.5 Å². The Bertz CT molecular complexity index is 710. The number of fused-ring (bicyclic) bond motifs is 1. The normalized spacial score (nSPS) is 15.0. The van der Waals surface area contributed by atoms with Crippen molar-refractivity contribution in [2.24, 2.45) is 0 Å². The molecular weight excluding hydrogens is 377 g/mol. The fourth-order valence-corrected chi connectivity index (χ4v) is 3.22. The maximum absolute atomic E-state index is 12.5. The predicted octanol–water partition coefficient (Wildman–Crippen LogP) is 3.59.